The second kappa shape index (κ2) is 9.96. The van der Waals surface area contributed by atoms with Gasteiger partial charge in [-0.2, -0.15) is 13.2 Å². The van der Waals surface area contributed by atoms with Crippen LogP contribution in [0.4, 0.5) is 13.2 Å². The highest BCUT2D eigenvalue weighted by atomic mass is 19.4. The van der Waals surface area contributed by atoms with E-state index < -0.39 is 12.8 Å². The van der Waals surface area contributed by atoms with Gasteiger partial charge < -0.3 is 14.0 Å². The summed E-state index contributed by atoms with van der Waals surface area (Å²) < 4.78 is 54.3. The molecule has 0 radical (unpaired) electrons. The highest BCUT2D eigenvalue weighted by molar-refractivity contribution is 6.09. The Balaban J connectivity index is 1.65. The lowest BCUT2D eigenvalue weighted by atomic mass is 9.86. The number of benzene rings is 1. The summed E-state index contributed by atoms with van der Waals surface area (Å²) in [5, 5.41) is 8.82. The summed E-state index contributed by atoms with van der Waals surface area (Å²) in [6.07, 6.45) is 1.92. The van der Waals surface area contributed by atoms with Gasteiger partial charge in [0.15, 0.2) is 6.61 Å². The monoisotopic (exact) mass is 536 g/mol. The largest absolute Gasteiger partial charge is 0.482 e. The topological polar surface area (TPSA) is 79.9 Å². The number of fused-ring (bicyclic) bond motifs is 3. The van der Waals surface area contributed by atoms with Crippen LogP contribution in [0.5, 0.6) is 5.75 Å². The molecule has 5 heterocycles. The molecule has 202 valence electrons. The fourth-order valence-corrected chi connectivity index (χ4v) is 5.68. The predicted molar refractivity (Wildman–Crippen MR) is 139 cm³/mol. The van der Waals surface area contributed by atoms with Gasteiger partial charge in [-0.3, -0.25) is 9.97 Å². The van der Waals surface area contributed by atoms with Crippen molar-refractivity contribution in [1.82, 2.24) is 29.5 Å². The molecule has 39 heavy (non-hydrogen) atoms. The smallest absolute Gasteiger partial charge is 0.422 e. The molecule has 1 fully saturated rings. The molecule has 6 rings (SSSR count). The van der Waals surface area contributed by atoms with Crippen LogP contribution in [0.1, 0.15) is 30.1 Å². The minimum Gasteiger partial charge on any atom is -0.482 e. The minimum absolute atomic E-state index is 0.0472. The van der Waals surface area contributed by atoms with Crippen LogP contribution in [0.2, 0.25) is 0 Å². The number of halogens is 3. The van der Waals surface area contributed by atoms with Crippen molar-refractivity contribution in [2.24, 2.45) is 13.0 Å². The van der Waals surface area contributed by atoms with E-state index >= 15 is 0 Å². The van der Waals surface area contributed by atoms with Gasteiger partial charge in [-0.15, -0.1) is 5.10 Å². The first-order valence-corrected chi connectivity index (χ1v) is 12.8. The molecule has 4 aromatic heterocycles. The van der Waals surface area contributed by atoms with Crippen molar-refractivity contribution >= 4 is 21.9 Å². The van der Waals surface area contributed by atoms with Gasteiger partial charge in [0.25, 0.3) is 0 Å². The zero-order valence-corrected chi connectivity index (χ0v) is 21.5. The molecule has 1 aliphatic rings. The summed E-state index contributed by atoms with van der Waals surface area (Å²) in [6.45, 7) is 1.75. The van der Waals surface area contributed by atoms with Crippen LogP contribution in [-0.2, 0) is 11.8 Å². The molecular formula is C28H27F3N6O2. The highest BCUT2D eigenvalue weighted by Crippen LogP contribution is 2.43. The minimum atomic E-state index is -4.49. The lowest BCUT2D eigenvalue weighted by Gasteiger charge is -2.33. The van der Waals surface area contributed by atoms with E-state index in [4.69, 9.17) is 14.5 Å². The summed E-state index contributed by atoms with van der Waals surface area (Å²) in [6, 6.07) is 12.0. The van der Waals surface area contributed by atoms with Crippen molar-refractivity contribution in [2.75, 3.05) is 19.8 Å². The fraction of sp³-hybridized carbons (Fsp3) is 0.357. The predicted octanol–water partition coefficient (Wildman–Crippen LogP) is 5.65. The third kappa shape index (κ3) is 4.71. The Morgan fingerprint density at radius 1 is 1.08 bits per heavy atom. The van der Waals surface area contributed by atoms with Crippen LogP contribution < -0.4 is 4.74 Å². The van der Waals surface area contributed by atoms with Crippen LogP contribution >= 0.6 is 0 Å². The molecule has 11 heteroatoms. The van der Waals surface area contributed by atoms with E-state index in [9.17, 15) is 13.2 Å². The molecule has 0 N–H and O–H groups in total. The zero-order valence-electron chi connectivity index (χ0n) is 21.5. The number of aromatic nitrogens is 6. The van der Waals surface area contributed by atoms with Gasteiger partial charge in [-0.25, -0.2) is 4.68 Å². The van der Waals surface area contributed by atoms with E-state index in [1.54, 1.807) is 17.1 Å². The van der Waals surface area contributed by atoms with Gasteiger partial charge in [0.1, 0.15) is 5.75 Å². The van der Waals surface area contributed by atoms with Crippen molar-refractivity contribution in [1.29, 1.82) is 0 Å². The summed E-state index contributed by atoms with van der Waals surface area (Å²) in [5.74, 6) is 0.273. The second-order valence-electron chi connectivity index (χ2n) is 9.85. The molecule has 5 aromatic rings. The van der Waals surface area contributed by atoms with Gasteiger partial charge in [-0.05, 0) is 37.3 Å². The summed E-state index contributed by atoms with van der Waals surface area (Å²) in [7, 11) is 1.82. The van der Waals surface area contributed by atoms with E-state index in [0.29, 0.717) is 29.6 Å². The number of alkyl halides is 3. The van der Waals surface area contributed by atoms with Gasteiger partial charge >= 0.3 is 6.18 Å². The zero-order chi connectivity index (χ0) is 27.1. The molecule has 1 aromatic carbocycles. The van der Waals surface area contributed by atoms with Gasteiger partial charge in [0, 0.05) is 32.0 Å². The maximum Gasteiger partial charge on any atom is 0.422 e. The molecule has 1 saturated heterocycles. The SMILES string of the molecule is Cc1nnn(C)c1-c1cnc2c3c(OCC(F)(F)F)cncc3n([C@H](c3ccccc3)C3CCOCC3)c2c1. The molecule has 0 bridgehead atoms. The molecule has 8 nitrogen and oxygen atoms in total. The van der Waals surface area contributed by atoms with Crippen molar-refractivity contribution in [3.8, 4) is 17.0 Å². The number of pyridine rings is 2. The molecule has 0 amide bonds. The average Bonchev–Trinajstić information content (AvgIpc) is 3.44. The van der Waals surface area contributed by atoms with Crippen LogP contribution in [-0.4, -0.2) is 55.5 Å². The number of rotatable bonds is 6. The number of hydrogen-bond donors (Lipinski definition) is 0. The summed E-state index contributed by atoms with van der Waals surface area (Å²) in [5.41, 5.74) is 5.45. The van der Waals surface area contributed by atoms with Crippen LogP contribution in [0.3, 0.4) is 0 Å². The Morgan fingerprint density at radius 3 is 2.54 bits per heavy atom. The Bertz CT molecular complexity index is 1600. The number of nitrogens with zero attached hydrogens (tertiary/aromatic N) is 6. The fourth-order valence-electron chi connectivity index (χ4n) is 5.68. The maximum atomic E-state index is 13.1. The van der Waals surface area contributed by atoms with E-state index in [2.05, 4.69) is 32.0 Å². The summed E-state index contributed by atoms with van der Waals surface area (Å²) in [4.78, 5) is 9.09. The highest BCUT2D eigenvalue weighted by Gasteiger charge is 2.33. The lowest BCUT2D eigenvalue weighted by Crippen LogP contribution is -2.27. The first-order valence-electron chi connectivity index (χ1n) is 12.8. The standard InChI is InChI=1S/C28H27F3N6O2/c1-17-26(36(2)35-34-17)20-12-21-25(33-13-20)24-22(14-32-15-23(24)39-16-28(29,30)31)37(21)27(18-6-4-3-5-7-18)19-8-10-38-11-9-19/h3-7,12-15,19,27H,8-11,16H2,1-2H3/t27-/m1/s1. The lowest BCUT2D eigenvalue weighted by molar-refractivity contribution is -0.153. The molecular weight excluding hydrogens is 509 g/mol. The first-order chi connectivity index (χ1) is 18.8. The Kier molecular flexibility index (Phi) is 6.46. The Morgan fingerprint density at radius 2 is 1.85 bits per heavy atom. The average molecular weight is 537 g/mol. The first kappa shape index (κ1) is 25.3. The van der Waals surface area contributed by atoms with E-state index in [0.717, 1.165) is 40.9 Å². The third-order valence-corrected chi connectivity index (χ3v) is 7.31. The normalized spacial score (nSPS) is 15.7. The van der Waals surface area contributed by atoms with Crippen molar-refractivity contribution in [3.05, 3.63) is 66.2 Å². The maximum absolute atomic E-state index is 13.1. The van der Waals surface area contributed by atoms with Gasteiger partial charge in [0.05, 0.1) is 51.8 Å². The molecule has 1 aliphatic heterocycles. The van der Waals surface area contributed by atoms with Crippen LogP contribution in [0, 0.1) is 12.8 Å². The van der Waals surface area contributed by atoms with E-state index in [-0.39, 0.29) is 17.7 Å². The molecule has 1 atom stereocenters. The van der Waals surface area contributed by atoms with Gasteiger partial charge in [-0.1, -0.05) is 35.5 Å². The summed E-state index contributed by atoms with van der Waals surface area (Å²) >= 11 is 0. The molecule has 0 spiro atoms. The number of aryl methyl sites for hydroxylation is 2. The van der Waals surface area contributed by atoms with E-state index in [1.165, 1.54) is 6.20 Å². The molecule has 0 saturated carbocycles. The Hall–Kier alpha value is -3.99. The third-order valence-electron chi connectivity index (χ3n) is 7.31. The Labute approximate surface area is 222 Å². The second-order valence-corrected chi connectivity index (χ2v) is 9.85. The van der Waals surface area contributed by atoms with Crippen molar-refractivity contribution in [2.45, 2.75) is 32.0 Å². The van der Waals surface area contributed by atoms with E-state index in [1.807, 2.05) is 38.2 Å². The molecule has 0 unspecified atom stereocenters. The quantitative estimate of drug-likeness (QED) is 0.279. The van der Waals surface area contributed by atoms with Crippen molar-refractivity contribution < 1.29 is 22.6 Å². The van der Waals surface area contributed by atoms with Crippen LogP contribution in [0.15, 0.2) is 55.0 Å². The number of hydrogen-bond acceptors (Lipinski definition) is 6. The van der Waals surface area contributed by atoms with Gasteiger partial charge in [0.2, 0.25) is 0 Å². The van der Waals surface area contributed by atoms with Crippen LogP contribution in [0.25, 0.3) is 33.2 Å². The number of ether oxygens (including phenoxy) is 2. The van der Waals surface area contributed by atoms with Crippen molar-refractivity contribution in [3.63, 3.8) is 0 Å². The molecule has 0 aliphatic carbocycles.